The summed E-state index contributed by atoms with van der Waals surface area (Å²) in [5, 5.41) is 21.5. The minimum absolute atomic E-state index is 0.274. The van der Waals surface area contributed by atoms with E-state index in [2.05, 4.69) is 13.8 Å². The maximum absolute atomic E-state index is 11.3. The summed E-state index contributed by atoms with van der Waals surface area (Å²) >= 11 is 0. The first-order chi connectivity index (χ1) is 9.45. The third-order valence-corrected chi connectivity index (χ3v) is 6.08. The van der Waals surface area contributed by atoms with Gasteiger partial charge in [0.05, 0.1) is 11.2 Å². The second-order valence-electron chi connectivity index (χ2n) is 7.25. The largest absolute Gasteiger partial charge is 0.390 e. The molecule has 0 radical (unpaired) electrons. The first kappa shape index (κ1) is 16.9. The molecule has 1 fully saturated rings. The number of aliphatic hydroxyl groups is 2. The van der Waals surface area contributed by atoms with Crippen LogP contribution in [0.1, 0.15) is 46.5 Å². The Morgan fingerprint density at radius 3 is 2.48 bits per heavy atom. The van der Waals surface area contributed by atoms with Crippen LogP contribution in [0, 0.1) is 17.8 Å². The summed E-state index contributed by atoms with van der Waals surface area (Å²) in [6, 6.07) is 0. The smallest absolute Gasteiger partial charge is 0.267 e. The Bertz CT molecular complexity index is 534. The fraction of sp³-hybridized carbons (Fsp3) is 0.867. The van der Waals surface area contributed by atoms with Crippen molar-refractivity contribution in [2.45, 2.75) is 57.7 Å². The van der Waals surface area contributed by atoms with Crippen molar-refractivity contribution in [3.63, 3.8) is 0 Å². The topological polar surface area (TPSA) is 94.8 Å². The van der Waals surface area contributed by atoms with Crippen LogP contribution >= 0.6 is 0 Å². The van der Waals surface area contributed by atoms with Crippen molar-refractivity contribution < 1.29 is 23.2 Å². The molecule has 2 aliphatic rings. The zero-order chi connectivity index (χ0) is 16.1. The lowest BCUT2D eigenvalue weighted by Gasteiger charge is -2.36. The fourth-order valence-corrected chi connectivity index (χ4v) is 4.95. The first-order valence-electron chi connectivity index (χ1n) is 7.55. The second kappa shape index (κ2) is 5.33. The molecule has 0 aromatic rings. The van der Waals surface area contributed by atoms with Crippen molar-refractivity contribution in [1.82, 2.24) is 0 Å². The third-order valence-electron chi connectivity index (χ3n) is 5.22. The number of hydrogen-bond donors (Lipinski definition) is 3. The van der Waals surface area contributed by atoms with Gasteiger partial charge in [-0.05, 0) is 44.4 Å². The van der Waals surface area contributed by atoms with Crippen molar-refractivity contribution >= 4 is 10.1 Å². The van der Waals surface area contributed by atoms with Gasteiger partial charge in [0, 0.05) is 5.92 Å². The molecule has 0 saturated heterocycles. The van der Waals surface area contributed by atoms with Gasteiger partial charge >= 0.3 is 0 Å². The van der Waals surface area contributed by atoms with Crippen LogP contribution < -0.4 is 0 Å². The standard InChI is InChI=1S/C15H26O5S/c1-10(2)11-4-7-15(17,9-21(18,19)20)12-5-6-14(3,16)13(12)8-11/h8,10,12-13,16-17H,4-7,9H2,1-3H3,(H,18,19,20)/t12-,13+,14-,15-/m1/s1. The van der Waals surface area contributed by atoms with Crippen LogP contribution in [0.5, 0.6) is 0 Å². The summed E-state index contributed by atoms with van der Waals surface area (Å²) in [6.45, 7) is 5.85. The molecule has 0 heterocycles. The Morgan fingerprint density at radius 2 is 1.95 bits per heavy atom. The van der Waals surface area contributed by atoms with Gasteiger partial charge in [-0.3, -0.25) is 4.55 Å². The lowest BCUT2D eigenvalue weighted by molar-refractivity contribution is -0.0404. The predicted molar refractivity (Wildman–Crippen MR) is 80.4 cm³/mol. The SMILES string of the molecule is CC(C)C1=C[C@H]2[C@@H](CC[C@@]2(C)O)[C@](O)(CS(=O)(=O)O)CC1. The molecule has 122 valence electrons. The molecule has 3 N–H and O–H groups in total. The van der Waals surface area contributed by atoms with Crippen LogP contribution in [0.25, 0.3) is 0 Å². The van der Waals surface area contributed by atoms with Crippen molar-refractivity contribution in [2.24, 2.45) is 17.8 Å². The average Bonchev–Trinajstić information content (AvgIpc) is 2.48. The predicted octanol–water partition coefficient (Wildman–Crippen LogP) is 1.76. The molecule has 0 bridgehead atoms. The van der Waals surface area contributed by atoms with E-state index in [0.717, 1.165) is 5.57 Å². The van der Waals surface area contributed by atoms with Crippen molar-refractivity contribution in [1.29, 1.82) is 0 Å². The zero-order valence-electron chi connectivity index (χ0n) is 12.9. The summed E-state index contributed by atoms with van der Waals surface area (Å²) in [5.41, 5.74) is -1.28. The Hall–Kier alpha value is -0.430. The van der Waals surface area contributed by atoms with Crippen LogP contribution in [-0.4, -0.2) is 40.1 Å². The van der Waals surface area contributed by atoms with E-state index < -0.39 is 27.1 Å². The Morgan fingerprint density at radius 1 is 1.33 bits per heavy atom. The molecule has 6 heteroatoms. The van der Waals surface area contributed by atoms with Gasteiger partial charge in [0.15, 0.2) is 0 Å². The number of allylic oxidation sites excluding steroid dienone is 1. The summed E-state index contributed by atoms with van der Waals surface area (Å²) in [6.07, 6.45) is 4.01. The molecule has 2 rings (SSSR count). The van der Waals surface area contributed by atoms with Crippen molar-refractivity contribution in [3.05, 3.63) is 11.6 Å². The van der Waals surface area contributed by atoms with Crippen LogP contribution in [0.15, 0.2) is 11.6 Å². The van der Waals surface area contributed by atoms with E-state index >= 15 is 0 Å². The van der Waals surface area contributed by atoms with Gasteiger partial charge in [-0.25, -0.2) is 0 Å². The summed E-state index contributed by atoms with van der Waals surface area (Å²) in [5.74, 6) is -0.985. The molecule has 0 amide bonds. The molecule has 0 unspecified atom stereocenters. The lowest BCUT2D eigenvalue weighted by atomic mass is 9.77. The van der Waals surface area contributed by atoms with Crippen LogP contribution in [0.4, 0.5) is 0 Å². The van der Waals surface area contributed by atoms with E-state index in [1.807, 2.05) is 6.08 Å². The molecule has 0 spiro atoms. The summed E-state index contributed by atoms with van der Waals surface area (Å²) < 4.78 is 31.8. The summed E-state index contributed by atoms with van der Waals surface area (Å²) in [7, 11) is -4.27. The van der Waals surface area contributed by atoms with E-state index in [9.17, 15) is 23.2 Å². The molecule has 0 aromatic carbocycles. The molecule has 4 atom stereocenters. The van der Waals surface area contributed by atoms with Gasteiger partial charge in [0.2, 0.25) is 0 Å². The van der Waals surface area contributed by atoms with Gasteiger partial charge in [0.25, 0.3) is 10.1 Å². The molecular weight excluding hydrogens is 292 g/mol. The summed E-state index contributed by atoms with van der Waals surface area (Å²) in [4.78, 5) is 0. The van der Waals surface area contributed by atoms with Crippen LogP contribution in [0.3, 0.4) is 0 Å². The van der Waals surface area contributed by atoms with Crippen LogP contribution in [0.2, 0.25) is 0 Å². The van der Waals surface area contributed by atoms with Crippen LogP contribution in [-0.2, 0) is 10.1 Å². The molecule has 0 aromatic heterocycles. The normalized spacial score (nSPS) is 40.8. The first-order valence-corrected chi connectivity index (χ1v) is 9.16. The quantitative estimate of drug-likeness (QED) is 0.544. The monoisotopic (exact) mass is 318 g/mol. The highest BCUT2D eigenvalue weighted by atomic mass is 32.2. The molecule has 21 heavy (non-hydrogen) atoms. The Kier molecular flexibility index (Phi) is 4.30. The third kappa shape index (κ3) is 3.50. The van der Waals surface area contributed by atoms with E-state index in [0.29, 0.717) is 25.7 Å². The lowest BCUT2D eigenvalue weighted by Crippen LogP contribution is -2.47. The van der Waals surface area contributed by atoms with E-state index in [1.54, 1.807) is 6.92 Å². The average molecular weight is 318 g/mol. The molecule has 0 aliphatic heterocycles. The van der Waals surface area contributed by atoms with E-state index in [4.69, 9.17) is 0 Å². The van der Waals surface area contributed by atoms with Crippen molar-refractivity contribution in [3.8, 4) is 0 Å². The highest BCUT2D eigenvalue weighted by Crippen LogP contribution is 2.50. The van der Waals surface area contributed by atoms with E-state index in [1.165, 1.54) is 0 Å². The second-order valence-corrected chi connectivity index (χ2v) is 8.71. The Balaban J connectivity index is 2.42. The number of hydrogen-bond acceptors (Lipinski definition) is 4. The van der Waals surface area contributed by atoms with Gasteiger partial charge in [-0.15, -0.1) is 0 Å². The van der Waals surface area contributed by atoms with Gasteiger partial charge in [0.1, 0.15) is 5.75 Å². The highest BCUT2D eigenvalue weighted by molar-refractivity contribution is 7.85. The minimum atomic E-state index is -4.27. The number of fused-ring (bicyclic) bond motifs is 1. The van der Waals surface area contributed by atoms with Crippen molar-refractivity contribution in [2.75, 3.05) is 5.75 Å². The number of rotatable bonds is 3. The molecule has 2 aliphatic carbocycles. The van der Waals surface area contributed by atoms with E-state index in [-0.39, 0.29) is 17.8 Å². The van der Waals surface area contributed by atoms with Gasteiger partial charge in [-0.1, -0.05) is 25.5 Å². The molecule has 5 nitrogen and oxygen atoms in total. The molecular formula is C15H26O5S. The fourth-order valence-electron chi connectivity index (χ4n) is 3.96. The maximum Gasteiger partial charge on any atom is 0.267 e. The Labute approximate surface area is 126 Å². The maximum atomic E-state index is 11.3. The minimum Gasteiger partial charge on any atom is -0.390 e. The van der Waals surface area contributed by atoms with Gasteiger partial charge < -0.3 is 10.2 Å². The zero-order valence-corrected chi connectivity index (χ0v) is 13.7. The molecule has 1 saturated carbocycles. The highest BCUT2D eigenvalue weighted by Gasteiger charge is 2.54. The van der Waals surface area contributed by atoms with Gasteiger partial charge in [-0.2, -0.15) is 8.42 Å².